The van der Waals surface area contributed by atoms with Gasteiger partial charge in [-0.25, -0.2) is 0 Å². The molecule has 0 aliphatic heterocycles. The first-order valence-corrected chi connectivity index (χ1v) is 8.09. The second-order valence-electron chi connectivity index (χ2n) is 6.05. The molecule has 0 nitrogen and oxygen atoms in total. The van der Waals surface area contributed by atoms with Crippen molar-refractivity contribution in [2.75, 3.05) is 0 Å². The van der Waals surface area contributed by atoms with E-state index < -0.39 is 0 Å². The molecule has 0 bridgehead atoms. The zero-order chi connectivity index (χ0) is 16.0. The summed E-state index contributed by atoms with van der Waals surface area (Å²) in [7, 11) is 0. The molecule has 0 spiro atoms. The van der Waals surface area contributed by atoms with Crippen molar-refractivity contribution < 1.29 is 0 Å². The maximum Gasteiger partial charge on any atom is 0.0210 e. The number of benzene rings is 3. The van der Waals surface area contributed by atoms with Crippen LogP contribution in [0.1, 0.15) is 16.7 Å². The minimum atomic E-state index is -0.0933. The lowest BCUT2D eigenvalue weighted by Crippen LogP contribution is -2.29. The molecule has 0 aliphatic rings. The molecule has 0 saturated carbocycles. The first-order valence-electron chi connectivity index (χ1n) is 8.09. The Balaban J connectivity index is 2.02. The van der Waals surface area contributed by atoms with Crippen LogP contribution in [0, 0.1) is 0 Å². The van der Waals surface area contributed by atoms with Crippen LogP contribution in [0.4, 0.5) is 0 Å². The summed E-state index contributed by atoms with van der Waals surface area (Å²) in [5.41, 5.74) is 3.91. The average molecular weight is 298 g/mol. The van der Waals surface area contributed by atoms with Gasteiger partial charge >= 0.3 is 0 Å². The highest BCUT2D eigenvalue weighted by Gasteiger charge is 2.29. The molecule has 114 valence electrons. The van der Waals surface area contributed by atoms with E-state index in [1.807, 2.05) is 0 Å². The molecule has 3 aromatic rings. The van der Waals surface area contributed by atoms with Gasteiger partial charge in [-0.2, -0.15) is 0 Å². The molecule has 0 atom stereocenters. The molecule has 3 aromatic carbocycles. The van der Waals surface area contributed by atoms with E-state index in [1.165, 1.54) is 16.7 Å². The number of hydrogen-bond acceptors (Lipinski definition) is 0. The molecule has 0 radical (unpaired) electrons. The highest BCUT2D eigenvalue weighted by Crippen LogP contribution is 2.33. The zero-order valence-corrected chi connectivity index (χ0v) is 13.4. The Morgan fingerprint density at radius 1 is 0.609 bits per heavy atom. The molecule has 0 fully saturated rings. The lowest BCUT2D eigenvalue weighted by atomic mass is 9.71. The fraction of sp³-hybridized carbons (Fsp3) is 0.130. The van der Waals surface area contributed by atoms with Crippen molar-refractivity contribution in [1.29, 1.82) is 0 Å². The van der Waals surface area contributed by atoms with Crippen LogP contribution in [0.25, 0.3) is 0 Å². The Bertz CT molecular complexity index is 685. The van der Waals surface area contributed by atoms with E-state index in [2.05, 4.69) is 104 Å². The Labute approximate surface area is 139 Å². The third kappa shape index (κ3) is 3.60. The summed E-state index contributed by atoms with van der Waals surface area (Å²) < 4.78 is 0. The second kappa shape index (κ2) is 7.11. The Hall–Kier alpha value is -2.60. The molecule has 0 aliphatic carbocycles. The minimum absolute atomic E-state index is 0.0933. The van der Waals surface area contributed by atoms with E-state index in [0.29, 0.717) is 0 Å². The maximum atomic E-state index is 4.20. The first-order chi connectivity index (χ1) is 11.3. The van der Waals surface area contributed by atoms with Crippen molar-refractivity contribution in [3.05, 3.63) is 120 Å². The van der Waals surface area contributed by atoms with Crippen LogP contribution >= 0.6 is 0 Å². The van der Waals surface area contributed by atoms with E-state index in [9.17, 15) is 0 Å². The van der Waals surface area contributed by atoms with Crippen LogP contribution in [-0.2, 0) is 18.3 Å². The van der Waals surface area contributed by atoms with Gasteiger partial charge in [-0.3, -0.25) is 0 Å². The first kappa shape index (κ1) is 15.3. The van der Waals surface area contributed by atoms with E-state index in [4.69, 9.17) is 0 Å². The molecular formula is C23H22. The summed E-state index contributed by atoms with van der Waals surface area (Å²) >= 11 is 0. The van der Waals surface area contributed by atoms with Crippen molar-refractivity contribution >= 4 is 0 Å². The van der Waals surface area contributed by atoms with E-state index >= 15 is 0 Å². The fourth-order valence-corrected chi connectivity index (χ4v) is 3.22. The third-order valence-electron chi connectivity index (χ3n) is 4.46. The molecule has 0 heteroatoms. The van der Waals surface area contributed by atoms with E-state index in [-0.39, 0.29) is 5.41 Å². The number of allylic oxidation sites excluding steroid dienone is 1. The Kier molecular flexibility index (Phi) is 4.73. The molecule has 0 amide bonds. The molecule has 3 rings (SSSR count). The molecule has 0 unspecified atom stereocenters. The monoisotopic (exact) mass is 298 g/mol. The van der Waals surface area contributed by atoms with Crippen molar-refractivity contribution in [1.82, 2.24) is 0 Å². The van der Waals surface area contributed by atoms with Crippen LogP contribution in [-0.4, -0.2) is 0 Å². The summed E-state index contributed by atoms with van der Waals surface area (Å²) in [5, 5.41) is 0. The Morgan fingerprint density at radius 3 is 1.39 bits per heavy atom. The molecule has 0 N–H and O–H groups in total. The molecular weight excluding hydrogens is 276 g/mol. The predicted octanol–water partition coefficient (Wildman–Crippen LogP) is 5.60. The van der Waals surface area contributed by atoms with Gasteiger partial charge in [0.1, 0.15) is 0 Å². The highest BCUT2D eigenvalue weighted by atomic mass is 14.3. The number of hydrogen-bond donors (Lipinski definition) is 0. The second-order valence-corrected chi connectivity index (χ2v) is 6.05. The molecule has 0 saturated heterocycles. The van der Waals surface area contributed by atoms with Crippen LogP contribution < -0.4 is 0 Å². The summed E-state index contributed by atoms with van der Waals surface area (Å²) in [6, 6.07) is 32.1. The standard InChI is InChI=1S/C23H22/c1-2-23(22-16-10-5-11-17-22,18-20-12-6-3-7-13-20)19-21-14-8-4-9-15-21/h2-17H,1,18-19H2. The summed E-state index contributed by atoms with van der Waals surface area (Å²) in [5.74, 6) is 0. The highest BCUT2D eigenvalue weighted by molar-refractivity contribution is 5.37. The third-order valence-corrected chi connectivity index (χ3v) is 4.46. The van der Waals surface area contributed by atoms with Crippen LogP contribution in [0.15, 0.2) is 104 Å². The van der Waals surface area contributed by atoms with Gasteiger partial charge in [0.05, 0.1) is 0 Å². The average Bonchev–Trinajstić information content (AvgIpc) is 2.63. The topological polar surface area (TPSA) is 0 Å². The van der Waals surface area contributed by atoms with E-state index in [0.717, 1.165) is 12.8 Å². The molecule has 0 aromatic heterocycles. The fourth-order valence-electron chi connectivity index (χ4n) is 3.22. The normalized spacial score (nSPS) is 11.1. The zero-order valence-electron chi connectivity index (χ0n) is 13.4. The lowest BCUT2D eigenvalue weighted by molar-refractivity contribution is 0.528. The van der Waals surface area contributed by atoms with Crippen LogP contribution in [0.3, 0.4) is 0 Å². The SMILES string of the molecule is C=CC(Cc1ccccc1)(Cc1ccccc1)c1ccccc1. The van der Waals surface area contributed by atoms with Crippen LogP contribution in [0.5, 0.6) is 0 Å². The maximum absolute atomic E-state index is 4.20. The molecule has 0 heterocycles. The Morgan fingerprint density at radius 2 is 1.00 bits per heavy atom. The summed E-state index contributed by atoms with van der Waals surface area (Å²) in [4.78, 5) is 0. The minimum Gasteiger partial charge on any atom is -0.102 e. The van der Waals surface area contributed by atoms with Gasteiger partial charge in [0, 0.05) is 5.41 Å². The van der Waals surface area contributed by atoms with E-state index in [1.54, 1.807) is 0 Å². The van der Waals surface area contributed by atoms with Gasteiger partial charge in [0.25, 0.3) is 0 Å². The van der Waals surface area contributed by atoms with Crippen molar-refractivity contribution in [2.24, 2.45) is 0 Å². The molecule has 23 heavy (non-hydrogen) atoms. The summed E-state index contributed by atoms with van der Waals surface area (Å²) in [6.45, 7) is 4.20. The van der Waals surface area contributed by atoms with Gasteiger partial charge in [-0.1, -0.05) is 97.1 Å². The van der Waals surface area contributed by atoms with Crippen molar-refractivity contribution in [3.8, 4) is 0 Å². The van der Waals surface area contributed by atoms with Crippen molar-refractivity contribution in [2.45, 2.75) is 18.3 Å². The van der Waals surface area contributed by atoms with Gasteiger partial charge in [-0.15, -0.1) is 6.58 Å². The largest absolute Gasteiger partial charge is 0.102 e. The van der Waals surface area contributed by atoms with Crippen LogP contribution in [0.2, 0.25) is 0 Å². The van der Waals surface area contributed by atoms with Gasteiger partial charge in [0.2, 0.25) is 0 Å². The summed E-state index contributed by atoms with van der Waals surface area (Å²) in [6.07, 6.45) is 4.04. The van der Waals surface area contributed by atoms with Gasteiger partial charge in [0.15, 0.2) is 0 Å². The van der Waals surface area contributed by atoms with Gasteiger partial charge < -0.3 is 0 Å². The number of rotatable bonds is 6. The lowest BCUT2D eigenvalue weighted by Gasteiger charge is -2.32. The van der Waals surface area contributed by atoms with Gasteiger partial charge in [-0.05, 0) is 29.5 Å². The quantitative estimate of drug-likeness (QED) is 0.520. The van der Waals surface area contributed by atoms with Crippen molar-refractivity contribution in [3.63, 3.8) is 0 Å². The predicted molar refractivity (Wildman–Crippen MR) is 98.6 cm³/mol. The smallest absolute Gasteiger partial charge is 0.0210 e.